The maximum absolute atomic E-state index is 15.0. The minimum atomic E-state index is -4.77. The Morgan fingerprint density at radius 3 is 2.33 bits per heavy atom. The minimum Gasteiger partial charge on any atom is -0.467 e. The van der Waals surface area contributed by atoms with E-state index in [0.29, 0.717) is 22.0 Å². The summed E-state index contributed by atoms with van der Waals surface area (Å²) >= 11 is 17.8. The second kappa shape index (κ2) is 16.4. The fourth-order valence-corrected chi connectivity index (χ4v) is 9.31. The van der Waals surface area contributed by atoms with E-state index in [1.54, 1.807) is 53.2 Å². The Hall–Kier alpha value is -5.56. The highest BCUT2D eigenvalue weighted by Crippen LogP contribution is 2.58. The van der Waals surface area contributed by atoms with Gasteiger partial charge in [-0.05, 0) is 29.8 Å². The zero-order valence-corrected chi connectivity index (χ0v) is 33.7. The van der Waals surface area contributed by atoms with Crippen molar-refractivity contribution < 1.29 is 51.5 Å². The van der Waals surface area contributed by atoms with Crippen LogP contribution in [-0.4, -0.2) is 96.4 Å². The molecule has 0 unspecified atom stereocenters. The van der Waals surface area contributed by atoms with Crippen molar-refractivity contribution in [3.05, 3.63) is 113 Å². The summed E-state index contributed by atoms with van der Waals surface area (Å²) in [6.07, 6.45) is -1.31. The normalized spacial score (nSPS) is 19.1. The van der Waals surface area contributed by atoms with Crippen LogP contribution in [-0.2, 0) is 50.5 Å². The minimum absolute atomic E-state index is 0.0896. The van der Waals surface area contributed by atoms with Gasteiger partial charge in [0.2, 0.25) is 3.79 Å². The number of anilines is 1. The molecule has 21 heteroatoms. The molecule has 1 N–H and O–H groups in total. The average molecular weight is 879 g/mol. The van der Waals surface area contributed by atoms with Crippen molar-refractivity contribution in [3.8, 4) is 0 Å². The first-order valence-corrected chi connectivity index (χ1v) is 19.8. The average Bonchev–Trinajstić information content (AvgIpc) is 3.84. The molecule has 0 bridgehead atoms. The third-order valence-corrected chi connectivity index (χ3v) is 11.9. The molecule has 1 aromatic heterocycles. The molecule has 3 aromatic carbocycles. The summed E-state index contributed by atoms with van der Waals surface area (Å²) in [5, 5.41) is 14.5. The summed E-state index contributed by atoms with van der Waals surface area (Å²) in [6, 6.07) is 14.6. The van der Waals surface area contributed by atoms with Crippen LogP contribution in [0.2, 0.25) is 0 Å². The first-order valence-electron chi connectivity index (χ1n) is 17.2. The summed E-state index contributed by atoms with van der Waals surface area (Å²) in [4.78, 5) is 65.1. The molecule has 17 nitrogen and oxygen atoms in total. The van der Waals surface area contributed by atoms with Crippen LogP contribution in [0, 0.1) is 10.1 Å². The van der Waals surface area contributed by atoms with Gasteiger partial charge in [0.05, 0.1) is 29.7 Å². The van der Waals surface area contributed by atoms with Gasteiger partial charge < -0.3 is 28.8 Å². The molecule has 4 aromatic rings. The van der Waals surface area contributed by atoms with Crippen LogP contribution in [0.1, 0.15) is 17.5 Å². The molecular formula is C37H34Cl3N5O12S. The number of rotatable bonds is 12. The van der Waals surface area contributed by atoms with E-state index in [1.807, 2.05) is 0 Å². The van der Waals surface area contributed by atoms with Gasteiger partial charge in [0.15, 0.2) is 6.17 Å². The number of sulfonamides is 1. The number of hydrogen-bond donors (Lipinski definition) is 1. The van der Waals surface area contributed by atoms with Gasteiger partial charge in [-0.2, -0.15) is 0 Å². The Morgan fingerprint density at radius 1 is 1.02 bits per heavy atom. The molecule has 306 valence electrons. The number of halogens is 3. The van der Waals surface area contributed by atoms with Crippen molar-refractivity contribution >= 4 is 91.2 Å². The fraction of sp³-hybridized carbons (Fsp3) is 0.297. The predicted octanol–water partition coefficient (Wildman–Crippen LogP) is 5.58. The monoisotopic (exact) mass is 877 g/mol. The first kappa shape index (κ1) is 42.1. The largest absolute Gasteiger partial charge is 0.467 e. The highest BCUT2D eigenvalue weighted by Gasteiger charge is 2.68. The number of non-ortho nitro benzene ring substituents is 1. The molecule has 2 aliphatic rings. The molecule has 6 rings (SSSR count). The van der Waals surface area contributed by atoms with E-state index in [9.17, 15) is 29.3 Å². The Labute approximate surface area is 346 Å². The number of nitro benzene ring substituents is 1. The van der Waals surface area contributed by atoms with Crippen LogP contribution >= 0.6 is 34.8 Å². The third kappa shape index (κ3) is 7.59. The molecular weight excluding hydrogens is 845 g/mol. The summed E-state index contributed by atoms with van der Waals surface area (Å²) in [5.41, 5.74) is -0.712. The van der Waals surface area contributed by atoms with Gasteiger partial charge in [0.1, 0.15) is 30.8 Å². The number of aromatic nitrogens is 1. The van der Waals surface area contributed by atoms with Crippen LogP contribution < -0.4 is 9.62 Å². The summed E-state index contributed by atoms with van der Waals surface area (Å²) < 4.78 is 51.2. The van der Waals surface area contributed by atoms with Gasteiger partial charge in [-0.15, -0.1) is 0 Å². The lowest BCUT2D eigenvalue weighted by atomic mass is 9.86. The van der Waals surface area contributed by atoms with Crippen LogP contribution in [0.25, 0.3) is 10.9 Å². The number of para-hydroxylation sites is 2. The highest BCUT2D eigenvalue weighted by atomic mass is 35.6. The molecule has 0 saturated carbocycles. The zero-order valence-electron chi connectivity index (χ0n) is 30.6. The fourth-order valence-electron chi connectivity index (χ4n) is 7.48. The Kier molecular flexibility index (Phi) is 11.9. The number of methoxy groups -OCH3 is 2. The number of alkyl carbamates (subject to hydrolysis) is 1. The highest BCUT2D eigenvalue weighted by molar-refractivity contribution is 7.93. The van der Waals surface area contributed by atoms with E-state index in [-0.39, 0.29) is 35.7 Å². The van der Waals surface area contributed by atoms with E-state index in [0.717, 1.165) is 47.7 Å². The second-order valence-electron chi connectivity index (χ2n) is 13.0. The number of nitrogens with zero attached hydrogens (tertiary/aromatic N) is 4. The lowest BCUT2D eigenvalue weighted by Crippen LogP contribution is -2.57. The van der Waals surface area contributed by atoms with Crippen LogP contribution in [0.15, 0.2) is 96.5 Å². The number of esters is 2. The van der Waals surface area contributed by atoms with E-state index < -0.39 is 73.3 Å². The topological polar surface area (TPSA) is 206 Å². The number of benzene rings is 3. The second-order valence-corrected chi connectivity index (χ2v) is 17.4. The SMILES string of the molecule is C=CCOC(=O)N[C@@H](Cc1cn([C@]23C[C@@H](C(=O)OC)N(C(=O)OCC(Cl)(Cl)Cl)[C@H]2N(S(=O)(=O)c2ccc([N+](=O)[O-])cc2)c2ccccc23)c2ccccc12)C(=O)OC. The zero-order chi connectivity index (χ0) is 42.2. The van der Waals surface area contributed by atoms with Gasteiger partial charge in [-0.25, -0.2) is 31.9 Å². The number of nitro groups is 1. The summed E-state index contributed by atoms with van der Waals surface area (Å²) in [7, 11) is -2.53. The van der Waals surface area contributed by atoms with Crippen molar-refractivity contribution in [3.63, 3.8) is 0 Å². The number of carbonyl (C=O) groups is 4. The van der Waals surface area contributed by atoms with Gasteiger partial charge in [0.25, 0.3) is 15.7 Å². The summed E-state index contributed by atoms with van der Waals surface area (Å²) in [5.74, 6) is -1.74. The van der Waals surface area contributed by atoms with Crippen LogP contribution in [0.4, 0.5) is 21.0 Å². The van der Waals surface area contributed by atoms with Gasteiger partial charge in [0, 0.05) is 47.6 Å². The molecule has 2 aliphatic heterocycles. The third-order valence-electron chi connectivity index (χ3n) is 9.77. The van der Waals surface area contributed by atoms with Gasteiger partial charge >= 0.3 is 24.1 Å². The van der Waals surface area contributed by atoms with Gasteiger partial charge in [-0.3, -0.25) is 15.0 Å². The van der Waals surface area contributed by atoms with Crippen LogP contribution in [0.5, 0.6) is 0 Å². The van der Waals surface area contributed by atoms with Gasteiger partial charge in [-0.1, -0.05) is 83.9 Å². The van der Waals surface area contributed by atoms with Crippen molar-refractivity contribution in [1.82, 2.24) is 14.8 Å². The van der Waals surface area contributed by atoms with E-state index in [4.69, 9.17) is 53.8 Å². The number of alkyl halides is 3. The number of amides is 2. The van der Waals surface area contributed by atoms with Crippen molar-refractivity contribution in [2.24, 2.45) is 0 Å². The molecule has 0 spiro atoms. The maximum atomic E-state index is 15.0. The number of carbonyl (C=O) groups excluding carboxylic acids is 4. The number of likely N-dealkylation sites (tertiary alicyclic amines) is 1. The smallest absolute Gasteiger partial charge is 0.412 e. The molecule has 58 heavy (non-hydrogen) atoms. The predicted molar refractivity (Wildman–Crippen MR) is 210 cm³/mol. The summed E-state index contributed by atoms with van der Waals surface area (Å²) in [6.45, 7) is 2.58. The van der Waals surface area contributed by atoms with Crippen molar-refractivity contribution in [2.45, 2.75) is 45.3 Å². The van der Waals surface area contributed by atoms with Crippen molar-refractivity contribution in [2.75, 3.05) is 31.7 Å². The molecule has 1 fully saturated rings. The lowest BCUT2D eigenvalue weighted by Gasteiger charge is -2.38. The molecule has 3 heterocycles. The first-order chi connectivity index (χ1) is 27.5. The van der Waals surface area contributed by atoms with Crippen molar-refractivity contribution in [1.29, 1.82) is 0 Å². The molecule has 0 radical (unpaired) electrons. The van der Waals surface area contributed by atoms with Crippen LogP contribution in [0.3, 0.4) is 0 Å². The Balaban J connectivity index is 1.62. The lowest BCUT2D eigenvalue weighted by molar-refractivity contribution is -0.384. The molecule has 4 atom stereocenters. The van der Waals surface area contributed by atoms with E-state index in [2.05, 4.69) is 11.9 Å². The molecule has 0 aliphatic carbocycles. The number of fused-ring (bicyclic) bond motifs is 4. The molecule has 2 amide bonds. The Bertz CT molecular complexity index is 2410. The Morgan fingerprint density at radius 2 is 1.69 bits per heavy atom. The van der Waals surface area contributed by atoms with E-state index >= 15 is 8.42 Å². The molecule has 1 saturated heterocycles. The quantitative estimate of drug-likeness (QED) is 0.0463. The number of hydrogen-bond acceptors (Lipinski definition) is 12. The standard InChI is InChI=1S/C37H34Cl3N5O12S/c1-4-17-56-34(48)41-27(31(46)54-2)18-22-20-42(28-11-7-5-9-25(22)28)36-19-30(32(47)55-3)43(35(49)57-21-37(38,39)40)33(36)44(29-12-8-6-10-26(29)36)58(52,53)24-15-13-23(14-16-24)45(50)51/h4-16,20,27,30,33H,1,17-19,21H2,2-3H3,(H,41,48)/t27-,30-,33-,36-/m0/s1. The van der Waals surface area contributed by atoms with E-state index in [1.165, 1.54) is 12.1 Å². The maximum Gasteiger partial charge on any atom is 0.412 e. The number of nitrogens with one attached hydrogen (secondary N) is 1. The number of ether oxygens (including phenoxy) is 4.